The van der Waals surface area contributed by atoms with E-state index < -0.39 is 4.92 Å². The second-order valence-corrected chi connectivity index (χ2v) is 5.44. The summed E-state index contributed by atoms with van der Waals surface area (Å²) in [5.41, 5.74) is 0.802. The summed E-state index contributed by atoms with van der Waals surface area (Å²) in [5.74, 6) is 0.648. The Morgan fingerprint density at radius 2 is 2.14 bits per heavy atom. The molecule has 0 saturated carbocycles. The zero-order valence-corrected chi connectivity index (χ0v) is 12.0. The molecule has 6 heteroatoms. The SMILES string of the molecule is O=C(CCC1CCNCC1)NCc1cccc([N+](=O)[O-])c1. The highest BCUT2D eigenvalue weighted by Gasteiger charge is 2.14. The van der Waals surface area contributed by atoms with Crippen LogP contribution in [0.3, 0.4) is 0 Å². The summed E-state index contributed by atoms with van der Waals surface area (Å²) in [5, 5.41) is 16.8. The van der Waals surface area contributed by atoms with Crippen molar-refractivity contribution in [2.75, 3.05) is 13.1 Å². The van der Waals surface area contributed by atoms with Crippen molar-refractivity contribution in [3.63, 3.8) is 0 Å². The van der Waals surface area contributed by atoms with Crippen LogP contribution in [0.5, 0.6) is 0 Å². The van der Waals surface area contributed by atoms with Gasteiger partial charge in [-0.05, 0) is 43.8 Å². The van der Waals surface area contributed by atoms with Gasteiger partial charge in [0, 0.05) is 25.1 Å². The fourth-order valence-corrected chi connectivity index (χ4v) is 2.57. The average Bonchev–Trinajstić information content (AvgIpc) is 2.52. The maximum Gasteiger partial charge on any atom is 0.269 e. The molecule has 2 rings (SSSR count). The number of nitro groups is 1. The van der Waals surface area contributed by atoms with E-state index in [-0.39, 0.29) is 11.6 Å². The lowest BCUT2D eigenvalue weighted by Gasteiger charge is -2.22. The molecule has 1 fully saturated rings. The molecule has 21 heavy (non-hydrogen) atoms. The minimum atomic E-state index is -0.428. The van der Waals surface area contributed by atoms with E-state index in [1.807, 2.05) is 0 Å². The van der Waals surface area contributed by atoms with E-state index in [1.165, 1.54) is 12.1 Å². The van der Waals surface area contributed by atoms with E-state index in [1.54, 1.807) is 12.1 Å². The number of amides is 1. The van der Waals surface area contributed by atoms with Crippen molar-refractivity contribution >= 4 is 11.6 Å². The fraction of sp³-hybridized carbons (Fsp3) is 0.533. The molecule has 0 aromatic heterocycles. The predicted molar refractivity (Wildman–Crippen MR) is 79.8 cm³/mol. The van der Waals surface area contributed by atoms with Gasteiger partial charge in [0.05, 0.1) is 4.92 Å². The number of rotatable bonds is 6. The summed E-state index contributed by atoms with van der Waals surface area (Å²) >= 11 is 0. The van der Waals surface area contributed by atoms with Gasteiger partial charge in [-0.3, -0.25) is 14.9 Å². The van der Waals surface area contributed by atoms with Crippen LogP contribution in [0, 0.1) is 16.0 Å². The molecule has 1 aromatic carbocycles. The van der Waals surface area contributed by atoms with Crippen molar-refractivity contribution in [3.8, 4) is 0 Å². The fourth-order valence-electron chi connectivity index (χ4n) is 2.57. The monoisotopic (exact) mass is 291 g/mol. The number of carbonyl (C=O) groups excluding carboxylic acids is 1. The number of non-ortho nitro benzene ring substituents is 1. The quantitative estimate of drug-likeness (QED) is 0.620. The number of nitrogens with zero attached hydrogens (tertiary/aromatic N) is 1. The van der Waals surface area contributed by atoms with Gasteiger partial charge in [-0.25, -0.2) is 0 Å². The maximum absolute atomic E-state index is 11.8. The Morgan fingerprint density at radius 3 is 2.86 bits per heavy atom. The molecule has 0 atom stereocenters. The summed E-state index contributed by atoms with van der Waals surface area (Å²) in [6.07, 6.45) is 3.72. The van der Waals surface area contributed by atoms with Gasteiger partial charge in [0.15, 0.2) is 0 Å². The van der Waals surface area contributed by atoms with Crippen LogP contribution in [0.4, 0.5) is 5.69 Å². The molecular formula is C15H21N3O3. The van der Waals surface area contributed by atoms with Gasteiger partial charge in [-0.1, -0.05) is 12.1 Å². The highest BCUT2D eigenvalue weighted by atomic mass is 16.6. The summed E-state index contributed by atoms with van der Waals surface area (Å²) in [6, 6.07) is 6.35. The van der Waals surface area contributed by atoms with Crippen molar-refractivity contribution in [1.29, 1.82) is 0 Å². The molecule has 114 valence electrons. The van der Waals surface area contributed by atoms with Crippen LogP contribution in [-0.2, 0) is 11.3 Å². The number of nitro benzene ring substituents is 1. The number of benzene rings is 1. The van der Waals surface area contributed by atoms with Crippen molar-refractivity contribution in [2.24, 2.45) is 5.92 Å². The molecule has 1 aliphatic rings. The maximum atomic E-state index is 11.8. The van der Waals surface area contributed by atoms with Crippen LogP contribution in [0.2, 0.25) is 0 Å². The van der Waals surface area contributed by atoms with Crippen molar-refractivity contribution < 1.29 is 9.72 Å². The van der Waals surface area contributed by atoms with Gasteiger partial charge in [0.25, 0.3) is 5.69 Å². The first kappa shape index (κ1) is 15.4. The van der Waals surface area contributed by atoms with E-state index in [2.05, 4.69) is 10.6 Å². The number of piperidine rings is 1. The Labute approximate surface area is 124 Å². The van der Waals surface area contributed by atoms with Gasteiger partial charge in [0.2, 0.25) is 5.91 Å². The average molecular weight is 291 g/mol. The molecule has 0 unspecified atom stereocenters. The van der Waals surface area contributed by atoms with E-state index in [4.69, 9.17) is 0 Å². The van der Waals surface area contributed by atoms with Crippen LogP contribution in [-0.4, -0.2) is 23.9 Å². The minimum absolute atomic E-state index is 0.0139. The minimum Gasteiger partial charge on any atom is -0.352 e. The first-order valence-corrected chi connectivity index (χ1v) is 7.36. The third-order valence-electron chi connectivity index (χ3n) is 3.85. The number of hydrogen-bond donors (Lipinski definition) is 2. The van der Waals surface area contributed by atoms with Gasteiger partial charge in [0.1, 0.15) is 0 Å². The van der Waals surface area contributed by atoms with Crippen LogP contribution < -0.4 is 10.6 Å². The summed E-state index contributed by atoms with van der Waals surface area (Å²) in [4.78, 5) is 22.1. The van der Waals surface area contributed by atoms with E-state index in [0.29, 0.717) is 18.9 Å². The Bertz CT molecular complexity index is 499. The normalized spacial score (nSPS) is 15.6. The largest absolute Gasteiger partial charge is 0.352 e. The van der Waals surface area contributed by atoms with Crippen molar-refractivity contribution in [2.45, 2.75) is 32.2 Å². The summed E-state index contributed by atoms with van der Waals surface area (Å²) < 4.78 is 0. The third kappa shape index (κ3) is 5.15. The Balaban J connectivity index is 1.73. The highest BCUT2D eigenvalue weighted by Crippen LogP contribution is 2.17. The molecule has 1 saturated heterocycles. The van der Waals surface area contributed by atoms with Crippen molar-refractivity contribution in [1.82, 2.24) is 10.6 Å². The standard InChI is InChI=1S/C15H21N3O3/c19-15(5-4-12-6-8-16-9-7-12)17-11-13-2-1-3-14(10-13)18(20)21/h1-3,10,12,16H,4-9,11H2,(H,17,19). The van der Waals surface area contributed by atoms with Gasteiger partial charge < -0.3 is 10.6 Å². The molecule has 0 aliphatic carbocycles. The van der Waals surface area contributed by atoms with Gasteiger partial charge >= 0.3 is 0 Å². The number of nitrogens with one attached hydrogen (secondary N) is 2. The van der Waals surface area contributed by atoms with E-state index in [9.17, 15) is 14.9 Å². The van der Waals surface area contributed by atoms with E-state index >= 15 is 0 Å². The lowest BCUT2D eigenvalue weighted by atomic mass is 9.93. The van der Waals surface area contributed by atoms with E-state index in [0.717, 1.165) is 37.9 Å². The smallest absolute Gasteiger partial charge is 0.269 e. The molecule has 0 bridgehead atoms. The summed E-state index contributed by atoms with van der Waals surface area (Å²) in [6.45, 7) is 2.42. The zero-order valence-electron chi connectivity index (χ0n) is 12.0. The Hall–Kier alpha value is -1.95. The van der Waals surface area contributed by atoms with Crippen LogP contribution in [0.15, 0.2) is 24.3 Å². The number of carbonyl (C=O) groups is 1. The first-order valence-electron chi connectivity index (χ1n) is 7.36. The lowest BCUT2D eigenvalue weighted by Crippen LogP contribution is -2.29. The molecule has 1 heterocycles. The zero-order chi connectivity index (χ0) is 15.1. The topological polar surface area (TPSA) is 84.3 Å². The second-order valence-electron chi connectivity index (χ2n) is 5.44. The van der Waals surface area contributed by atoms with Crippen LogP contribution in [0.25, 0.3) is 0 Å². The van der Waals surface area contributed by atoms with Crippen molar-refractivity contribution in [3.05, 3.63) is 39.9 Å². The lowest BCUT2D eigenvalue weighted by molar-refractivity contribution is -0.384. The molecule has 6 nitrogen and oxygen atoms in total. The molecule has 1 aromatic rings. The molecule has 1 amide bonds. The van der Waals surface area contributed by atoms with Gasteiger partial charge in [-0.2, -0.15) is 0 Å². The Kier molecular flexibility index (Phi) is 5.68. The second kappa shape index (κ2) is 7.73. The van der Waals surface area contributed by atoms with Crippen LogP contribution in [0.1, 0.15) is 31.2 Å². The molecule has 2 N–H and O–H groups in total. The first-order chi connectivity index (χ1) is 10.1. The third-order valence-corrected chi connectivity index (χ3v) is 3.85. The van der Waals surface area contributed by atoms with Gasteiger partial charge in [-0.15, -0.1) is 0 Å². The molecular weight excluding hydrogens is 270 g/mol. The highest BCUT2D eigenvalue weighted by molar-refractivity contribution is 5.75. The summed E-state index contributed by atoms with van der Waals surface area (Å²) in [7, 11) is 0. The molecule has 0 radical (unpaired) electrons. The predicted octanol–water partition coefficient (Wildman–Crippen LogP) is 1.99. The van der Waals surface area contributed by atoms with Crippen LogP contribution >= 0.6 is 0 Å². The number of hydrogen-bond acceptors (Lipinski definition) is 4. The molecule has 0 spiro atoms. The Morgan fingerprint density at radius 1 is 1.38 bits per heavy atom. The molecule has 1 aliphatic heterocycles.